The summed E-state index contributed by atoms with van der Waals surface area (Å²) < 4.78 is 11.1. The fraction of sp³-hybridized carbons (Fsp3) is 0.615. The Bertz CT molecular complexity index is 244. The second-order valence-corrected chi connectivity index (χ2v) is 3.58. The second-order valence-electron chi connectivity index (χ2n) is 3.58. The average Bonchev–Trinajstić information content (AvgIpc) is 2.19. The van der Waals surface area contributed by atoms with Crippen molar-refractivity contribution >= 4 is 5.78 Å². The average molecular weight is 226 g/mol. The van der Waals surface area contributed by atoms with Gasteiger partial charge in [-0.15, -0.1) is 0 Å². The van der Waals surface area contributed by atoms with Crippen LogP contribution in [0.5, 0.6) is 0 Å². The summed E-state index contributed by atoms with van der Waals surface area (Å²) in [4.78, 5) is 9.44. The maximum Gasteiger partial charge on any atom is 0.191 e. The zero-order valence-corrected chi connectivity index (χ0v) is 10.7. The third-order valence-corrected chi connectivity index (χ3v) is 1.78. The number of carbonyl (C=O) groups is 1. The van der Waals surface area contributed by atoms with Gasteiger partial charge >= 0.3 is 0 Å². The van der Waals surface area contributed by atoms with Crippen molar-refractivity contribution in [2.24, 2.45) is 0 Å². The van der Waals surface area contributed by atoms with Crippen LogP contribution >= 0.6 is 0 Å². The molecule has 3 nitrogen and oxygen atoms in total. The van der Waals surface area contributed by atoms with Crippen LogP contribution in [0.15, 0.2) is 24.3 Å². The van der Waals surface area contributed by atoms with Gasteiger partial charge in [-0.25, -0.2) is 0 Å². The van der Waals surface area contributed by atoms with Crippen molar-refractivity contribution in [3.8, 4) is 0 Å². The summed E-state index contributed by atoms with van der Waals surface area (Å²) in [5, 5.41) is 0. The lowest BCUT2D eigenvalue weighted by atomic mass is 10.1. The molecular formula is C13H22O3. The Morgan fingerprint density at radius 3 is 2.00 bits per heavy atom. The molecule has 0 bridgehead atoms. The van der Waals surface area contributed by atoms with Crippen molar-refractivity contribution in [1.82, 2.24) is 0 Å². The van der Waals surface area contributed by atoms with Crippen LogP contribution in [0.25, 0.3) is 0 Å². The van der Waals surface area contributed by atoms with Gasteiger partial charge in [-0.2, -0.15) is 0 Å². The molecule has 92 valence electrons. The van der Waals surface area contributed by atoms with E-state index in [9.17, 15) is 4.79 Å². The first-order valence-corrected chi connectivity index (χ1v) is 5.65. The lowest BCUT2D eigenvalue weighted by molar-refractivity contribution is -0.197. The summed E-state index contributed by atoms with van der Waals surface area (Å²) >= 11 is 0. The molecular weight excluding hydrogens is 204 g/mol. The van der Waals surface area contributed by atoms with Gasteiger partial charge in [0.25, 0.3) is 0 Å². The molecule has 0 radical (unpaired) electrons. The molecule has 0 saturated heterocycles. The van der Waals surface area contributed by atoms with Crippen LogP contribution in [0, 0.1) is 0 Å². The third kappa shape index (κ3) is 6.53. The molecule has 0 heterocycles. The van der Waals surface area contributed by atoms with E-state index in [0.29, 0.717) is 13.2 Å². The molecule has 0 unspecified atom stereocenters. The van der Waals surface area contributed by atoms with E-state index in [0.717, 1.165) is 6.42 Å². The van der Waals surface area contributed by atoms with Gasteiger partial charge in [0.15, 0.2) is 5.79 Å². The molecule has 3 heteroatoms. The van der Waals surface area contributed by atoms with Crippen LogP contribution in [-0.4, -0.2) is 24.8 Å². The topological polar surface area (TPSA) is 35.5 Å². The normalized spacial score (nSPS) is 16.5. The van der Waals surface area contributed by atoms with E-state index in [1.165, 1.54) is 13.8 Å². The lowest BCUT2D eigenvalue weighted by Crippen LogP contribution is -2.34. The van der Waals surface area contributed by atoms with Crippen LogP contribution in [0.2, 0.25) is 0 Å². The Morgan fingerprint density at radius 1 is 1.19 bits per heavy atom. The van der Waals surface area contributed by atoms with Crippen molar-refractivity contribution in [1.29, 1.82) is 0 Å². The zero-order chi connectivity index (χ0) is 12.4. The SMILES string of the molecule is CC(C)=O.CCOC1(OCC)C=CC=CC1. The monoisotopic (exact) mass is 226 g/mol. The number of ether oxygens (including phenoxy) is 2. The predicted molar refractivity (Wildman–Crippen MR) is 65.2 cm³/mol. The molecule has 0 fully saturated rings. The first-order valence-electron chi connectivity index (χ1n) is 5.65. The molecule has 1 rings (SSSR count). The molecule has 0 saturated carbocycles. The summed E-state index contributed by atoms with van der Waals surface area (Å²) in [6.07, 6.45) is 8.82. The Balaban J connectivity index is 0.000000487. The number of allylic oxidation sites excluding steroid dienone is 2. The van der Waals surface area contributed by atoms with Gasteiger partial charge in [0, 0.05) is 19.6 Å². The van der Waals surface area contributed by atoms with Crippen molar-refractivity contribution in [2.45, 2.75) is 39.9 Å². The molecule has 0 aromatic carbocycles. The maximum atomic E-state index is 9.44. The van der Waals surface area contributed by atoms with E-state index in [2.05, 4.69) is 6.08 Å². The minimum atomic E-state index is -0.488. The number of rotatable bonds is 4. The van der Waals surface area contributed by atoms with Gasteiger partial charge in [0.2, 0.25) is 0 Å². The van der Waals surface area contributed by atoms with Crippen LogP contribution in [0.1, 0.15) is 34.1 Å². The summed E-state index contributed by atoms with van der Waals surface area (Å²) in [6.45, 7) is 8.37. The van der Waals surface area contributed by atoms with Crippen LogP contribution in [0.3, 0.4) is 0 Å². The maximum absolute atomic E-state index is 9.44. The Kier molecular flexibility index (Phi) is 7.77. The fourth-order valence-electron chi connectivity index (χ4n) is 1.33. The zero-order valence-electron chi connectivity index (χ0n) is 10.7. The van der Waals surface area contributed by atoms with Gasteiger partial charge in [-0.05, 0) is 33.8 Å². The van der Waals surface area contributed by atoms with Crippen molar-refractivity contribution in [3.05, 3.63) is 24.3 Å². The van der Waals surface area contributed by atoms with Crippen molar-refractivity contribution in [2.75, 3.05) is 13.2 Å². The number of hydrogen-bond acceptors (Lipinski definition) is 3. The quantitative estimate of drug-likeness (QED) is 0.691. The van der Waals surface area contributed by atoms with Gasteiger partial charge in [0.1, 0.15) is 5.78 Å². The van der Waals surface area contributed by atoms with Crippen LogP contribution in [-0.2, 0) is 14.3 Å². The number of Topliss-reactive ketones (excluding diaryl/α,β-unsaturated/α-hetero) is 1. The highest BCUT2D eigenvalue weighted by Gasteiger charge is 2.27. The van der Waals surface area contributed by atoms with Gasteiger partial charge in [0.05, 0.1) is 0 Å². The van der Waals surface area contributed by atoms with Crippen molar-refractivity contribution in [3.63, 3.8) is 0 Å². The standard InChI is InChI=1S/C10H16O2.C3H6O/c1-3-11-10(12-4-2)8-6-5-7-9-10;1-3(2)4/h5-8H,3-4,9H2,1-2H3;1-2H3. The highest BCUT2D eigenvalue weighted by Crippen LogP contribution is 2.23. The number of ketones is 1. The largest absolute Gasteiger partial charge is 0.346 e. The number of carbonyl (C=O) groups excluding carboxylic acids is 1. The van der Waals surface area contributed by atoms with Gasteiger partial charge in [-0.1, -0.05) is 18.2 Å². The number of hydrogen-bond donors (Lipinski definition) is 0. The van der Waals surface area contributed by atoms with E-state index in [1.54, 1.807) is 0 Å². The first kappa shape index (κ1) is 15.1. The van der Waals surface area contributed by atoms with Crippen molar-refractivity contribution < 1.29 is 14.3 Å². The summed E-state index contributed by atoms with van der Waals surface area (Å²) in [5.74, 6) is -0.321. The summed E-state index contributed by atoms with van der Waals surface area (Å²) in [5.41, 5.74) is 0. The Morgan fingerprint density at radius 2 is 1.69 bits per heavy atom. The lowest BCUT2D eigenvalue weighted by Gasteiger charge is -2.30. The van der Waals surface area contributed by atoms with E-state index in [-0.39, 0.29) is 5.78 Å². The van der Waals surface area contributed by atoms with Crippen LogP contribution < -0.4 is 0 Å². The molecule has 16 heavy (non-hydrogen) atoms. The molecule has 0 aromatic heterocycles. The molecule has 0 atom stereocenters. The highest BCUT2D eigenvalue weighted by molar-refractivity contribution is 5.72. The second kappa shape index (κ2) is 8.25. The highest BCUT2D eigenvalue weighted by atomic mass is 16.7. The summed E-state index contributed by atoms with van der Waals surface area (Å²) in [6, 6.07) is 0. The third-order valence-electron chi connectivity index (χ3n) is 1.78. The molecule has 0 N–H and O–H groups in total. The molecule has 0 aliphatic heterocycles. The van der Waals surface area contributed by atoms with E-state index in [1.807, 2.05) is 32.1 Å². The molecule has 1 aliphatic rings. The van der Waals surface area contributed by atoms with Gasteiger partial charge in [-0.3, -0.25) is 0 Å². The molecule has 0 spiro atoms. The Hall–Kier alpha value is -0.930. The van der Waals surface area contributed by atoms with E-state index < -0.39 is 5.79 Å². The van der Waals surface area contributed by atoms with Crippen LogP contribution in [0.4, 0.5) is 0 Å². The Labute approximate surface area is 98.1 Å². The predicted octanol–water partition coefficient (Wildman–Crippen LogP) is 2.87. The molecule has 1 aliphatic carbocycles. The minimum absolute atomic E-state index is 0.167. The smallest absolute Gasteiger partial charge is 0.191 e. The minimum Gasteiger partial charge on any atom is -0.346 e. The molecule has 0 amide bonds. The van der Waals surface area contributed by atoms with E-state index >= 15 is 0 Å². The van der Waals surface area contributed by atoms with E-state index in [4.69, 9.17) is 9.47 Å². The summed E-state index contributed by atoms with van der Waals surface area (Å²) in [7, 11) is 0. The molecule has 0 aromatic rings. The first-order chi connectivity index (χ1) is 7.56. The fourth-order valence-corrected chi connectivity index (χ4v) is 1.33. The van der Waals surface area contributed by atoms with Gasteiger partial charge < -0.3 is 14.3 Å².